The van der Waals surface area contributed by atoms with Crippen molar-refractivity contribution in [1.82, 2.24) is 0 Å². The molecule has 0 saturated carbocycles. The van der Waals surface area contributed by atoms with Crippen molar-refractivity contribution in [2.75, 3.05) is 5.32 Å². The molecule has 1 atom stereocenters. The average molecular weight is 470 g/mol. The van der Waals surface area contributed by atoms with Gasteiger partial charge in [-0.3, -0.25) is 0 Å². The van der Waals surface area contributed by atoms with Gasteiger partial charge >= 0.3 is 6.18 Å². The Hall–Kier alpha value is -0.760. The van der Waals surface area contributed by atoms with Gasteiger partial charge in [-0.05, 0) is 65.4 Å². The van der Waals surface area contributed by atoms with Crippen LogP contribution in [0.2, 0.25) is 0 Å². The summed E-state index contributed by atoms with van der Waals surface area (Å²) in [5.74, 6) is 0. The normalized spacial score (nSPS) is 13.0. The first-order chi connectivity index (χ1) is 9.77. The van der Waals surface area contributed by atoms with E-state index in [0.717, 1.165) is 15.2 Å². The van der Waals surface area contributed by atoms with Gasteiger partial charge < -0.3 is 5.32 Å². The molecule has 1 nitrogen and oxygen atoms in total. The zero-order valence-corrected chi connectivity index (χ0v) is 14.8. The van der Waals surface area contributed by atoms with E-state index in [-0.39, 0.29) is 11.7 Å². The summed E-state index contributed by atoms with van der Waals surface area (Å²) in [5, 5.41) is 2.94. The SMILES string of the molecule is CC(Nc1ccc(Br)cc1C(F)(F)F)c1ccc(I)cc1. The summed E-state index contributed by atoms with van der Waals surface area (Å²) >= 11 is 5.27. The Balaban J connectivity index is 2.29. The Bertz CT molecular complexity index is 626. The van der Waals surface area contributed by atoms with Crippen molar-refractivity contribution >= 4 is 44.2 Å². The van der Waals surface area contributed by atoms with Crippen molar-refractivity contribution in [3.05, 3.63) is 61.6 Å². The molecule has 1 unspecified atom stereocenters. The van der Waals surface area contributed by atoms with E-state index < -0.39 is 11.7 Å². The largest absolute Gasteiger partial charge is 0.418 e. The van der Waals surface area contributed by atoms with Crippen molar-refractivity contribution < 1.29 is 13.2 Å². The molecule has 0 radical (unpaired) electrons. The van der Waals surface area contributed by atoms with E-state index in [1.807, 2.05) is 31.2 Å². The first kappa shape index (κ1) is 16.6. The van der Waals surface area contributed by atoms with E-state index in [4.69, 9.17) is 0 Å². The molecule has 0 bridgehead atoms. The molecule has 2 aromatic carbocycles. The van der Waals surface area contributed by atoms with Gasteiger partial charge in [-0.25, -0.2) is 0 Å². The molecule has 0 aromatic heterocycles. The maximum absolute atomic E-state index is 13.1. The first-order valence-electron chi connectivity index (χ1n) is 6.16. The standard InChI is InChI=1S/C15H12BrF3IN/c1-9(10-2-5-12(20)6-3-10)21-14-7-4-11(16)8-13(14)15(17,18)19/h2-9,21H,1H3. The molecular weight excluding hydrogens is 458 g/mol. The topological polar surface area (TPSA) is 12.0 Å². The fourth-order valence-corrected chi connectivity index (χ4v) is 2.67. The smallest absolute Gasteiger partial charge is 0.378 e. The highest BCUT2D eigenvalue weighted by molar-refractivity contribution is 14.1. The van der Waals surface area contributed by atoms with Gasteiger partial charge in [-0.15, -0.1) is 0 Å². The van der Waals surface area contributed by atoms with Crippen molar-refractivity contribution in [2.24, 2.45) is 0 Å². The van der Waals surface area contributed by atoms with Crippen LogP contribution in [0, 0.1) is 3.57 Å². The van der Waals surface area contributed by atoms with Gasteiger partial charge in [0, 0.05) is 19.8 Å². The molecule has 2 aromatic rings. The fourth-order valence-electron chi connectivity index (χ4n) is 1.94. The van der Waals surface area contributed by atoms with Crippen LogP contribution in [0.15, 0.2) is 46.9 Å². The van der Waals surface area contributed by atoms with E-state index in [1.165, 1.54) is 6.07 Å². The Morgan fingerprint density at radius 1 is 1.10 bits per heavy atom. The lowest BCUT2D eigenvalue weighted by Crippen LogP contribution is -2.13. The maximum Gasteiger partial charge on any atom is 0.418 e. The van der Waals surface area contributed by atoms with Crippen molar-refractivity contribution in [2.45, 2.75) is 19.1 Å². The zero-order valence-electron chi connectivity index (χ0n) is 11.0. The minimum atomic E-state index is -4.39. The van der Waals surface area contributed by atoms with Crippen LogP contribution >= 0.6 is 38.5 Å². The summed E-state index contributed by atoms with van der Waals surface area (Å²) < 4.78 is 40.7. The van der Waals surface area contributed by atoms with E-state index >= 15 is 0 Å². The molecular formula is C15H12BrF3IN. The zero-order chi connectivity index (χ0) is 15.6. The predicted octanol–water partition coefficient (Wildman–Crippen LogP) is 6.25. The minimum Gasteiger partial charge on any atom is -0.378 e. The van der Waals surface area contributed by atoms with Crippen LogP contribution in [-0.4, -0.2) is 0 Å². The Morgan fingerprint density at radius 2 is 1.71 bits per heavy atom. The van der Waals surface area contributed by atoms with Crippen molar-refractivity contribution in [1.29, 1.82) is 0 Å². The fraction of sp³-hybridized carbons (Fsp3) is 0.200. The number of halogens is 5. The lowest BCUT2D eigenvalue weighted by molar-refractivity contribution is -0.137. The van der Waals surface area contributed by atoms with Crippen molar-refractivity contribution in [3.63, 3.8) is 0 Å². The monoisotopic (exact) mass is 469 g/mol. The molecule has 0 aliphatic rings. The molecule has 0 aliphatic heterocycles. The van der Waals surface area contributed by atoms with Crippen LogP contribution in [0.3, 0.4) is 0 Å². The van der Waals surface area contributed by atoms with Gasteiger partial charge in [0.05, 0.1) is 5.56 Å². The van der Waals surface area contributed by atoms with Gasteiger partial charge in [0.15, 0.2) is 0 Å². The van der Waals surface area contributed by atoms with Gasteiger partial charge in [0.1, 0.15) is 0 Å². The molecule has 6 heteroatoms. The molecule has 0 heterocycles. The molecule has 21 heavy (non-hydrogen) atoms. The number of anilines is 1. The van der Waals surface area contributed by atoms with Gasteiger partial charge in [-0.2, -0.15) is 13.2 Å². The molecule has 0 aliphatic carbocycles. The Morgan fingerprint density at radius 3 is 2.29 bits per heavy atom. The second-order valence-corrected chi connectivity index (χ2v) is 6.77. The predicted molar refractivity (Wildman–Crippen MR) is 90.3 cm³/mol. The van der Waals surface area contributed by atoms with E-state index in [9.17, 15) is 13.2 Å². The number of hydrogen-bond donors (Lipinski definition) is 1. The van der Waals surface area contributed by atoms with E-state index in [2.05, 4.69) is 43.8 Å². The molecule has 0 amide bonds. The highest BCUT2D eigenvalue weighted by Crippen LogP contribution is 2.37. The summed E-state index contributed by atoms with van der Waals surface area (Å²) in [6, 6.07) is 11.6. The molecule has 0 fully saturated rings. The lowest BCUT2D eigenvalue weighted by atomic mass is 10.1. The number of benzene rings is 2. The second-order valence-electron chi connectivity index (χ2n) is 4.61. The molecule has 1 N–H and O–H groups in total. The Kier molecular flexibility index (Phi) is 5.19. The summed E-state index contributed by atoms with van der Waals surface area (Å²) in [4.78, 5) is 0. The van der Waals surface area contributed by atoms with Crippen molar-refractivity contribution in [3.8, 4) is 0 Å². The molecule has 2 rings (SSSR count). The van der Waals surface area contributed by atoms with Gasteiger partial charge in [0.25, 0.3) is 0 Å². The van der Waals surface area contributed by atoms with Crippen LogP contribution in [0.5, 0.6) is 0 Å². The molecule has 0 spiro atoms. The summed E-state index contributed by atoms with van der Waals surface area (Å²) in [5.41, 5.74) is 0.345. The Labute approximate surface area is 143 Å². The number of nitrogens with one attached hydrogen (secondary N) is 1. The van der Waals surface area contributed by atoms with Crippen LogP contribution in [0.4, 0.5) is 18.9 Å². The average Bonchev–Trinajstić information content (AvgIpc) is 2.40. The summed E-state index contributed by atoms with van der Waals surface area (Å²) in [7, 11) is 0. The third-order valence-corrected chi connectivity index (χ3v) is 4.24. The molecule has 112 valence electrons. The van der Waals surface area contributed by atoms with E-state index in [1.54, 1.807) is 6.07 Å². The molecule has 0 saturated heterocycles. The van der Waals surface area contributed by atoms with Gasteiger partial charge in [0.2, 0.25) is 0 Å². The minimum absolute atomic E-state index is 0.0803. The maximum atomic E-state index is 13.1. The van der Waals surface area contributed by atoms with Crippen LogP contribution in [0.25, 0.3) is 0 Å². The second kappa shape index (κ2) is 6.56. The third kappa shape index (κ3) is 4.35. The number of alkyl halides is 3. The van der Waals surface area contributed by atoms with Gasteiger partial charge in [-0.1, -0.05) is 28.1 Å². The third-order valence-electron chi connectivity index (χ3n) is 3.03. The quantitative estimate of drug-likeness (QED) is 0.524. The number of hydrogen-bond acceptors (Lipinski definition) is 1. The highest BCUT2D eigenvalue weighted by atomic mass is 127. The summed E-state index contributed by atoms with van der Waals surface area (Å²) in [6.07, 6.45) is -4.39. The van der Waals surface area contributed by atoms with Crippen LogP contribution in [-0.2, 0) is 6.18 Å². The first-order valence-corrected chi connectivity index (χ1v) is 8.03. The summed E-state index contributed by atoms with van der Waals surface area (Å²) in [6.45, 7) is 1.84. The lowest BCUT2D eigenvalue weighted by Gasteiger charge is -2.20. The van der Waals surface area contributed by atoms with Crippen LogP contribution in [0.1, 0.15) is 24.1 Å². The number of rotatable bonds is 3. The van der Waals surface area contributed by atoms with Crippen LogP contribution < -0.4 is 5.32 Å². The highest BCUT2D eigenvalue weighted by Gasteiger charge is 2.34. The van der Waals surface area contributed by atoms with E-state index in [0.29, 0.717) is 4.47 Å².